The second kappa shape index (κ2) is 9.25. The summed E-state index contributed by atoms with van der Waals surface area (Å²) in [4.78, 5) is 2.45. The predicted molar refractivity (Wildman–Crippen MR) is 31.0 cm³/mol. The standard InChI is InChI=1S/C3H4N4.CH4/c4-2-1-3-6-7-5;/h1,3H2;1H4. The lowest BCUT2D eigenvalue weighted by Crippen LogP contribution is -1.69. The lowest BCUT2D eigenvalue weighted by molar-refractivity contribution is 1.00. The van der Waals surface area contributed by atoms with Crippen LogP contribution in [0.15, 0.2) is 5.11 Å². The lowest BCUT2D eigenvalue weighted by atomic mass is 10.5. The Bertz CT molecular complexity index is 116. The van der Waals surface area contributed by atoms with Crippen LogP contribution in [0.5, 0.6) is 0 Å². The highest BCUT2D eigenvalue weighted by molar-refractivity contribution is 4.69. The average Bonchev–Trinajstić information content (AvgIpc) is 1.69. The Balaban J connectivity index is 0. The first-order valence-electron chi connectivity index (χ1n) is 1.79. The van der Waals surface area contributed by atoms with Crippen LogP contribution in [0.25, 0.3) is 10.4 Å². The van der Waals surface area contributed by atoms with E-state index in [4.69, 9.17) is 10.8 Å². The Morgan fingerprint density at radius 3 is 2.75 bits per heavy atom. The van der Waals surface area contributed by atoms with E-state index in [1.807, 2.05) is 6.07 Å². The molecule has 0 aliphatic heterocycles. The van der Waals surface area contributed by atoms with Crippen molar-refractivity contribution in [2.75, 3.05) is 6.54 Å². The van der Waals surface area contributed by atoms with Gasteiger partial charge in [0, 0.05) is 17.9 Å². The van der Waals surface area contributed by atoms with Crippen molar-refractivity contribution in [3.8, 4) is 6.07 Å². The van der Waals surface area contributed by atoms with Crippen molar-refractivity contribution in [3.05, 3.63) is 10.4 Å². The summed E-state index contributed by atoms with van der Waals surface area (Å²) in [6.07, 6.45) is 0.310. The van der Waals surface area contributed by atoms with Gasteiger partial charge in [-0.25, -0.2) is 0 Å². The topological polar surface area (TPSA) is 72.5 Å². The van der Waals surface area contributed by atoms with Gasteiger partial charge >= 0.3 is 0 Å². The Morgan fingerprint density at radius 2 is 2.38 bits per heavy atom. The van der Waals surface area contributed by atoms with E-state index < -0.39 is 0 Å². The molecule has 0 aromatic carbocycles. The second-order valence-corrected chi connectivity index (χ2v) is 0.863. The fourth-order valence-corrected chi connectivity index (χ4v) is 0.145. The molecule has 0 saturated heterocycles. The summed E-state index contributed by atoms with van der Waals surface area (Å²) in [5, 5.41) is 11.0. The van der Waals surface area contributed by atoms with E-state index in [0.717, 1.165) is 0 Å². The molecule has 0 rings (SSSR count). The lowest BCUT2D eigenvalue weighted by Gasteiger charge is -1.69. The van der Waals surface area contributed by atoms with Crippen LogP contribution in [0.1, 0.15) is 13.8 Å². The van der Waals surface area contributed by atoms with Gasteiger partial charge in [0.05, 0.1) is 6.07 Å². The summed E-state index contributed by atoms with van der Waals surface area (Å²) in [6, 6.07) is 1.84. The van der Waals surface area contributed by atoms with Gasteiger partial charge in [-0.1, -0.05) is 12.5 Å². The summed E-state index contributed by atoms with van der Waals surface area (Å²) in [6.45, 7) is 0.285. The number of rotatable bonds is 2. The highest BCUT2D eigenvalue weighted by Gasteiger charge is 1.72. The van der Waals surface area contributed by atoms with Crippen LogP contribution in [-0.4, -0.2) is 6.54 Å². The normalized spacial score (nSPS) is 5.38. The molecule has 0 fully saturated rings. The van der Waals surface area contributed by atoms with Crippen LogP contribution in [-0.2, 0) is 0 Å². The molecule has 4 heteroatoms. The predicted octanol–water partition coefficient (Wildman–Crippen LogP) is 1.85. The third kappa shape index (κ3) is 8.84. The summed E-state index contributed by atoms with van der Waals surface area (Å²) in [5.74, 6) is 0. The van der Waals surface area contributed by atoms with Gasteiger partial charge in [-0.15, -0.1) is 0 Å². The molecule has 0 spiro atoms. The molecule has 0 bridgehead atoms. The zero-order valence-corrected chi connectivity index (χ0v) is 3.70. The molecule has 44 valence electrons. The number of azide groups is 1. The van der Waals surface area contributed by atoms with Crippen molar-refractivity contribution in [1.29, 1.82) is 5.26 Å². The molecule has 0 aliphatic rings. The summed E-state index contributed by atoms with van der Waals surface area (Å²) >= 11 is 0. The molecule has 0 atom stereocenters. The number of nitriles is 1. The number of nitrogens with zero attached hydrogens (tertiary/aromatic N) is 4. The smallest absolute Gasteiger partial charge is 0.0623 e. The fourth-order valence-electron chi connectivity index (χ4n) is 0.145. The molecule has 0 aliphatic carbocycles. The van der Waals surface area contributed by atoms with Gasteiger partial charge in [0.15, 0.2) is 0 Å². The highest BCUT2D eigenvalue weighted by Crippen LogP contribution is 1.75. The van der Waals surface area contributed by atoms with Crippen molar-refractivity contribution >= 4 is 0 Å². The zero-order chi connectivity index (χ0) is 5.54. The van der Waals surface area contributed by atoms with Gasteiger partial charge < -0.3 is 0 Å². The molecule has 0 aromatic rings. The molecule has 0 aromatic heterocycles. The molecular weight excluding hydrogens is 104 g/mol. The third-order valence-corrected chi connectivity index (χ3v) is 0.387. The van der Waals surface area contributed by atoms with E-state index in [9.17, 15) is 0 Å². The third-order valence-electron chi connectivity index (χ3n) is 0.387. The van der Waals surface area contributed by atoms with Gasteiger partial charge in [0.25, 0.3) is 0 Å². The molecule has 0 N–H and O–H groups in total. The minimum absolute atomic E-state index is 0. The van der Waals surface area contributed by atoms with E-state index in [1.165, 1.54) is 0 Å². The molecule has 0 saturated carbocycles. The molecule has 0 radical (unpaired) electrons. The molecule has 0 unspecified atom stereocenters. The van der Waals surface area contributed by atoms with Crippen LogP contribution in [0.2, 0.25) is 0 Å². The van der Waals surface area contributed by atoms with Crippen LogP contribution in [0.3, 0.4) is 0 Å². The minimum atomic E-state index is 0. The van der Waals surface area contributed by atoms with Crippen LogP contribution in [0.4, 0.5) is 0 Å². The van der Waals surface area contributed by atoms with Crippen molar-refractivity contribution in [2.24, 2.45) is 5.11 Å². The van der Waals surface area contributed by atoms with Crippen molar-refractivity contribution < 1.29 is 0 Å². The monoisotopic (exact) mass is 112 g/mol. The number of hydrogen-bond donors (Lipinski definition) is 0. The molecule has 0 heterocycles. The first-order valence-corrected chi connectivity index (χ1v) is 1.79. The summed E-state index contributed by atoms with van der Waals surface area (Å²) in [5.41, 5.74) is 7.64. The van der Waals surface area contributed by atoms with Crippen LogP contribution in [0, 0.1) is 11.3 Å². The van der Waals surface area contributed by atoms with Crippen molar-refractivity contribution in [1.82, 2.24) is 0 Å². The van der Waals surface area contributed by atoms with Crippen LogP contribution < -0.4 is 0 Å². The van der Waals surface area contributed by atoms with E-state index >= 15 is 0 Å². The quantitative estimate of drug-likeness (QED) is 0.232. The minimum Gasteiger partial charge on any atom is -0.198 e. The summed E-state index contributed by atoms with van der Waals surface area (Å²) < 4.78 is 0. The van der Waals surface area contributed by atoms with Gasteiger partial charge in [-0.3, -0.25) is 0 Å². The Labute approximate surface area is 48.4 Å². The van der Waals surface area contributed by atoms with Crippen molar-refractivity contribution in [2.45, 2.75) is 13.8 Å². The summed E-state index contributed by atoms with van der Waals surface area (Å²) in [7, 11) is 0. The van der Waals surface area contributed by atoms with Gasteiger partial charge in [-0.2, -0.15) is 5.26 Å². The van der Waals surface area contributed by atoms with Crippen LogP contribution >= 0.6 is 0 Å². The Morgan fingerprint density at radius 1 is 1.75 bits per heavy atom. The zero-order valence-electron chi connectivity index (χ0n) is 3.70. The van der Waals surface area contributed by atoms with Gasteiger partial charge in [0.1, 0.15) is 0 Å². The maximum Gasteiger partial charge on any atom is 0.0623 e. The molecule has 8 heavy (non-hydrogen) atoms. The molecule has 0 amide bonds. The van der Waals surface area contributed by atoms with E-state index in [2.05, 4.69) is 10.0 Å². The average molecular weight is 112 g/mol. The first kappa shape index (κ1) is 9.93. The SMILES string of the molecule is C.N#CCCN=[N+]=[N-]. The Hall–Kier alpha value is -1.20. The molecule has 4 nitrogen and oxygen atoms in total. The largest absolute Gasteiger partial charge is 0.198 e. The van der Waals surface area contributed by atoms with Crippen molar-refractivity contribution in [3.63, 3.8) is 0 Å². The maximum absolute atomic E-state index is 7.86. The van der Waals surface area contributed by atoms with Gasteiger partial charge in [0.2, 0.25) is 0 Å². The highest BCUT2D eigenvalue weighted by atomic mass is 15.1. The van der Waals surface area contributed by atoms with E-state index in [-0.39, 0.29) is 14.0 Å². The van der Waals surface area contributed by atoms with E-state index in [1.54, 1.807) is 0 Å². The molecular formula is C4H8N4. The number of hydrogen-bond acceptors (Lipinski definition) is 2. The maximum atomic E-state index is 7.86. The van der Waals surface area contributed by atoms with E-state index in [0.29, 0.717) is 6.42 Å². The van der Waals surface area contributed by atoms with Gasteiger partial charge in [-0.05, 0) is 5.53 Å². The second-order valence-electron chi connectivity index (χ2n) is 0.863. The first-order chi connectivity index (χ1) is 3.41. The fraction of sp³-hybridized carbons (Fsp3) is 0.750. The Kier molecular flexibility index (Phi) is 11.5.